The molecule has 1 amide bonds. The second-order valence-electron chi connectivity index (χ2n) is 6.10. The number of aliphatic carboxylic acids is 1. The topological polar surface area (TPSA) is 69.2 Å². The Morgan fingerprint density at radius 3 is 2.16 bits per heavy atom. The van der Waals surface area contributed by atoms with Crippen molar-refractivity contribution in [1.82, 2.24) is 5.32 Å². The molecule has 5 nitrogen and oxygen atoms in total. The van der Waals surface area contributed by atoms with Crippen LogP contribution in [0.5, 0.6) is 0 Å². The summed E-state index contributed by atoms with van der Waals surface area (Å²) in [4.78, 5) is 22.7. The first kappa shape index (κ1) is 17.9. The maximum Gasteiger partial charge on any atom is 0.221 e. The molecule has 0 spiro atoms. The molecule has 0 aliphatic carbocycles. The molecule has 5 heteroatoms. The van der Waals surface area contributed by atoms with Crippen LogP contribution < -0.4 is 10.4 Å². The van der Waals surface area contributed by atoms with Gasteiger partial charge in [-0.05, 0) is 20.3 Å². The highest BCUT2D eigenvalue weighted by atomic mass is 16.4. The lowest BCUT2D eigenvalue weighted by molar-refractivity contribution is -0.955. The lowest BCUT2D eigenvalue weighted by Gasteiger charge is -2.49. The van der Waals surface area contributed by atoms with Gasteiger partial charge in [0.1, 0.15) is 11.5 Å². The van der Waals surface area contributed by atoms with E-state index in [1.807, 2.05) is 14.1 Å². The van der Waals surface area contributed by atoms with E-state index in [2.05, 4.69) is 12.2 Å². The molecule has 0 saturated heterocycles. The molecule has 0 aliphatic heterocycles. The van der Waals surface area contributed by atoms with Gasteiger partial charge in [-0.1, -0.05) is 19.8 Å². The number of hydrogen-bond donors (Lipinski definition) is 1. The zero-order valence-electron chi connectivity index (χ0n) is 13.1. The van der Waals surface area contributed by atoms with Gasteiger partial charge in [-0.3, -0.25) is 9.28 Å². The van der Waals surface area contributed by atoms with Gasteiger partial charge < -0.3 is 15.2 Å². The fourth-order valence-electron chi connectivity index (χ4n) is 2.00. The van der Waals surface area contributed by atoms with Gasteiger partial charge in [-0.2, -0.15) is 0 Å². The van der Waals surface area contributed by atoms with Crippen molar-refractivity contribution in [3.05, 3.63) is 0 Å². The number of carboxylic acids is 1. The number of rotatable bonds is 8. The third-order valence-electron chi connectivity index (χ3n) is 4.17. The average Bonchev–Trinajstić information content (AvgIpc) is 2.26. The summed E-state index contributed by atoms with van der Waals surface area (Å²) in [5, 5.41) is 14.2. The Balaban J connectivity index is 5.09. The third-order valence-corrected chi connectivity index (χ3v) is 4.17. The van der Waals surface area contributed by atoms with E-state index in [0.29, 0.717) is 0 Å². The summed E-state index contributed by atoms with van der Waals surface area (Å²) in [6, 6.07) is 0. The molecular formula is C14H28N2O3. The fraction of sp³-hybridized carbons (Fsp3) is 0.857. The number of carbonyl (C=O) groups excluding carboxylic acids is 2. The van der Waals surface area contributed by atoms with Crippen LogP contribution in [0.15, 0.2) is 0 Å². The van der Waals surface area contributed by atoms with Gasteiger partial charge in [0, 0.05) is 13.3 Å². The predicted molar refractivity (Wildman–Crippen MR) is 72.9 cm³/mol. The summed E-state index contributed by atoms with van der Waals surface area (Å²) in [5.74, 6) is -1.25. The molecule has 112 valence electrons. The molecule has 1 atom stereocenters. The Morgan fingerprint density at radius 2 is 1.79 bits per heavy atom. The first-order valence-electron chi connectivity index (χ1n) is 6.89. The predicted octanol–water partition coefficient (Wildman–Crippen LogP) is 0.634. The van der Waals surface area contributed by atoms with Crippen LogP contribution in [-0.4, -0.2) is 42.2 Å². The normalized spacial score (nSPS) is 14.0. The van der Waals surface area contributed by atoms with Crippen molar-refractivity contribution in [2.75, 3.05) is 14.1 Å². The summed E-state index contributed by atoms with van der Waals surface area (Å²) in [6.07, 6.45) is 3.66. The van der Waals surface area contributed by atoms with Gasteiger partial charge in [-0.25, -0.2) is 0 Å². The highest BCUT2D eigenvalue weighted by Crippen LogP contribution is 2.25. The number of carbonyl (C=O) groups is 2. The van der Waals surface area contributed by atoms with E-state index in [4.69, 9.17) is 0 Å². The standard InChI is InChI=1S/C14H28N2O3/c1-7-8-9-10-12(15-11(2)17)16(5,6)14(3,4)13(18)19/h12H,7-10H2,1-6H3,(H-,15,17,18,19). The summed E-state index contributed by atoms with van der Waals surface area (Å²) >= 11 is 0. The van der Waals surface area contributed by atoms with Gasteiger partial charge in [-0.15, -0.1) is 0 Å². The molecule has 1 unspecified atom stereocenters. The summed E-state index contributed by atoms with van der Waals surface area (Å²) in [7, 11) is 3.64. The minimum Gasteiger partial charge on any atom is -0.544 e. The van der Waals surface area contributed by atoms with E-state index < -0.39 is 11.5 Å². The van der Waals surface area contributed by atoms with E-state index >= 15 is 0 Å². The zero-order chi connectivity index (χ0) is 15.3. The number of quaternary nitrogens is 1. The molecular weight excluding hydrogens is 244 g/mol. The minimum absolute atomic E-state index is 0.137. The van der Waals surface area contributed by atoms with Gasteiger partial charge in [0.15, 0.2) is 6.17 Å². The average molecular weight is 272 g/mol. The second-order valence-corrected chi connectivity index (χ2v) is 6.10. The molecule has 0 radical (unpaired) electrons. The third kappa shape index (κ3) is 4.49. The van der Waals surface area contributed by atoms with Crippen LogP contribution in [0.1, 0.15) is 53.4 Å². The number of amides is 1. The molecule has 0 aliphatic rings. The van der Waals surface area contributed by atoms with Crippen molar-refractivity contribution >= 4 is 11.9 Å². The Hall–Kier alpha value is -1.10. The molecule has 0 aromatic heterocycles. The lowest BCUT2D eigenvalue weighted by atomic mass is 9.97. The molecule has 0 saturated carbocycles. The first-order chi connectivity index (χ1) is 8.57. The molecule has 0 aromatic rings. The van der Waals surface area contributed by atoms with Crippen molar-refractivity contribution in [1.29, 1.82) is 0 Å². The second kappa shape index (κ2) is 6.89. The van der Waals surface area contributed by atoms with Crippen LogP contribution in [0.3, 0.4) is 0 Å². The van der Waals surface area contributed by atoms with E-state index in [-0.39, 0.29) is 16.6 Å². The number of nitrogens with zero attached hydrogens (tertiary/aromatic N) is 1. The smallest absolute Gasteiger partial charge is 0.221 e. The summed E-state index contributed by atoms with van der Waals surface area (Å²) in [6.45, 7) is 6.84. The lowest BCUT2D eigenvalue weighted by Crippen LogP contribution is -2.71. The maximum absolute atomic E-state index is 11.3. The van der Waals surface area contributed by atoms with Crippen molar-refractivity contribution in [3.8, 4) is 0 Å². The summed E-state index contributed by atoms with van der Waals surface area (Å²) < 4.78 is 0.165. The van der Waals surface area contributed by atoms with E-state index in [9.17, 15) is 14.7 Å². The van der Waals surface area contributed by atoms with Crippen molar-refractivity contribution < 1.29 is 19.2 Å². The van der Waals surface area contributed by atoms with Crippen molar-refractivity contribution in [3.63, 3.8) is 0 Å². The molecule has 0 aromatic carbocycles. The number of unbranched alkanes of at least 4 members (excludes halogenated alkanes) is 2. The van der Waals surface area contributed by atoms with Gasteiger partial charge in [0.2, 0.25) is 5.91 Å². The zero-order valence-corrected chi connectivity index (χ0v) is 13.1. The number of hydrogen-bond acceptors (Lipinski definition) is 3. The van der Waals surface area contributed by atoms with Crippen molar-refractivity contribution in [2.45, 2.75) is 65.1 Å². The van der Waals surface area contributed by atoms with Gasteiger partial charge >= 0.3 is 0 Å². The van der Waals surface area contributed by atoms with E-state index in [1.54, 1.807) is 13.8 Å². The van der Waals surface area contributed by atoms with Crippen LogP contribution in [0.4, 0.5) is 0 Å². The first-order valence-corrected chi connectivity index (χ1v) is 6.89. The number of carboxylic acid groups (broad SMARTS) is 1. The Kier molecular flexibility index (Phi) is 6.49. The van der Waals surface area contributed by atoms with Crippen LogP contribution in [0, 0.1) is 0 Å². The Morgan fingerprint density at radius 1 is 1.26 bits per heavy atom. The van der Waals surface area contributed by atoms with Gasteiger partial charge in [0.25, 0.3) is 0 Å². The largest absolute Gasteiger partial charge is 0.544 e. The fourth-order valence-corrected chi connectivity index (χ4v) is 2.00. The summed E-state index contributed by atoms with van der Waals surface area (Å²) in [5.41, 5.74) is -1.07. The molecule has 0 rings (SSSR count). The molecule has 1 N–H and O–H groups in total. The van der Waals surface area contributed by atoms with Crippen LogP contribution in [-0.2, 0) is 9.59 Å². The molecule has 0 fully saturated rings. The minimum atomic E-state index is -1.11. The molecule has 19 heavy (non-hydrogen) atoms. The van der Waals surface area contributed by atoms with Crippen LogP contribution in [0.25, 0.3) is 0 Å². The van der Waals surface area contributed by atoms with Crippen molar-refractivity contribution in [2.24, 2.45) is 0 Å². The van der Waals surface area contributed by atoms with E-state index in [1.165, 1.54) is 6.92 Å². The Bertz CT molecular complexity index is 325. The van der Waals surface area contributed by atoms with Crippen LogP contribution >= 0.6 is 0 Å². The van der Waals surface area contributed by atoms with Gasteiger partial charge in [0.05, 0.1) is 14.1 Å². The molecule has 0 heterocycles. The monoisotopic (exact) mass is 272 g/mol. The Labute approximate surface area is 116 Å². The SMILES string of the molecule is CCCCCC(NC(C)=O)[N+](C)(C)C(C)(C)C(=O)[O-]. The van der Waals surface area contributed by atoms with Crippen LogP contribution in [0.2, 0.25) is 0 Å². The highest BCUT2D eigenvalue weighted by molar-refractivity contribution is 5.74. The maximum atomic E-state index is 11.3. The highest BCUT2D eigenvalue weighted by Gasteiger charge is 2.44. The number of nitrogens with one attached hydrogen (secondary N) is 1. The quantitative estimate of drug-likeness (QED) is 0.400. The van der Waals surface area contributed by atoms with E-state index in [0.717, 1.165) is 25.7 Å². The molecule has 0 bridgehead atoms. The number of likely N-dealkylation sites (N-methyl/N-ethyl adjacent to an activating group) is 1.